The average Bonchev–Trinajstić information content (AvgIpc) is 2.67. The van der Waals surface area contributed by atoms with E-state index in [4.69, 9.17) is 11.6 Å². The Morgan fingerprint density at radius 2 is 2.11 bits per heavy atom. The van der Waals surface area contributed by atoms with Gasteiger partial charge in [0, 0.05) is 23.5 Å². The standard InChI is InChI=1S/C15H13ClN2/c1-11-6-7-15(18(11)2)9-13(10-17)12-4-3-5-14(16)8-12/h3-9H,1-2H3/b13-9-. The van der Waals surface area contributed by atoms with E-state index in [0.717, 1.165) is 17.0 Å². The van der Waals surface area contributed by atoms with E-state index >= 15 is 0 Å². The zero-order valence-corrected chi connectivity index (χ0v) is 11.1. The Bertz CT molecular complexity index is 645. The van der Waals surface area contributed by atoms with Gasteiger partial charge in [-0.05, 0) is 42.8 Å². The van der Waals surface area contributed by atoms with Gasteiger partial charge in [0.25, 0.3) is 0 Å². The average molecular weight is 257 g/mol. The fourth-order valence-corrected chi connectivity index (χ4v) is 1.95. The molecule has 0 unspecified atom stereocenters. The van der Waals surface area contributed by atoms with Gasteiger partial charge in [0.05, 0.1) is 11.6 Å². The van der Waals surface area contributed by atoms with Crippen LogP contribution in [-0.4, -0.2) is 4.57 Å². The summed E-state index contributed by atoms with van der Waals surface area (Å²) >= 11 is 5.94. The molecule has 0 aliphatic rings. The molecule has 18 heavy (non-hydrogen) atoms. The highest BCUT2D eigenvalue weighted by molar-refractivity contribution is 6.30. The van der Waals surface area contributed by atoms with E-state index in [0.29, 0.717) is 10.6 Å². The summed E-state index contributed by atoms with van der Waals surface area (Å²) < 4.78 is 2.04. The van der Waals surface area contributed by atoms with Crippen LogP contribution in [0.25, 0.3) is 11.6 Å². The van der Waals surface area contributed by atoms with Crippen molar-refractivity contribution in [2.24, 2.45) is 7.05 Å². The lowest BCUT2D eigenvalue weighted by Crippen LogP contribution is -1.93. The molecule has 1 aromatic heterocycles. The Morgan fingerprint density at radius 3 is 2.67 bits per heavy atom. The number of nitrogens with zero attached hydrogens (tertiary/aromatic N) is 2. The molecule has 2 nitrogen and oxygen atoms in total. The van der Waals surface area contributed by atoms with Gasteiger partial charge in [0.15, 0.2) is 0 Å². The van der Waals surface area contributed by atoms with Gasteiger partial charge in [0.1, 0.15) is 0 Å². The van der Waals surface area contributed by atoms with Gasteiger partial charge in [-0.25, -0.2) is 0 Å². The SMILES string of the molecule is Cc1ccc(/C=C(/C#N)c2cccc(Cl)c2)n1C. The molecule has 0 amide bonds. The first-order chi connectivity index (χ1) is 8.61. The van der Waals surface area contributed by atoms with Gasteiger partial charge >= 0.3 is 0 Å². The van der Waals surface area contributed by atoms with E-state index in [1.807, 2.05) is 48.9 Å². The maximum atomic E-state index is 9.26. The van der Waals surface area contributed by atoms with Gasteiger partial charge in [-0.2, -0.15) is 5.26 Å². The molecular weight excluding hydrogens is 244 g/mol. The quantitative estimate of drug-likeness (QED) is 0.745. The molecule has 0 atom stereocenters. The molecule has 1 heterocycles. The van der Waals surface area contributed by atoms with Crippen molar-refractivity contribution in [1.82, 2.24) is 4.57 Å². The van der Waals surface area contributed by atoms with Crippen LogP contribution in [0.2, 0.25) is 5.02 Å². The third kappa shape index (κ3) is 2.47. The highest BCUT2D eigenvalue weighted by Gasteiger charge is 2.04. The lowest BCUT2D eigenvalue weighted by Gasteiger charge is -2.03. The largest absolute Gasteiger partial charge is 0.348 e. The summed E-state index contributed by atoms with van der Waals surface area (Å²) in [5, 5.41) is 9.89. The number of aromatic nitrogens is 1. The van der Waals surface area contributed by atoms with Gasteiger partial charge < -0.3 is 4.57 Å². The number of rotatable bonds is 2. The van der Waals surface area contributed by atoms with Crippen LogP contribution < -0.4 is 0 Å². The summed E-state index contributed by atoms with van der Waals surface area (Å²) in [6, 6.07) is 13.6. The minimum atomic E-state index is 0.610. The number of nitriles is 1. The minimum absolute atomic E-state index is 0.610. The third-order valence-electron chi connectivity index (χ3n) is 2.96. The van der Waals surface area contributed by atoms with Crippen LogP contribution in [0.1, 0.15) is 17.0 Å². The van der Waals surface area contributed by atoms with Crippen LogP contribution in [0.15, 0.2) is 36.4 Å². The number of allylic oxidation sites excluding steroid dienone is 1. The van der Waals surface area contributed by atoms with Gasteiger partial charge in [-0.3, -0.25) is 0 Å². The molecule has 0 bridgehead atoms. The summed E-state index contributed by atoms with van der Waals surface area (Å²) in [7, 11) is 1.98. The zero-order chi connectivity index (χ0) is 13.1. The summed E-state index contributed by atoms with van der Waals surface area (Å²) in [5.74, 6) is 0. The third-order valence-corrected chi connectivity index (χ3v) is 3.20. The van der Waals surface area contributed by atoms with Crippen molar-refractivity contribution in [1.29, 1.82) is 5.26 Å². The summed E-state index contributed by atoms with van der Waals surface area (Å²) in [6.45, 7) is 2.03. The van der Waals surface area contributed by atoms with E-state index in [-0.39, 0.29) is 0 Å². The van der Waals surface area contributed by atoms with Crippen LogP contribution >= 0.6 is 11.6 Å². The first kappa shape index (κ1) is 12.5. The molecular formula is C15H13ClN2. The molecule has 2 rings (SSSR count). The smallest absolute Gasteiger partial charge is 0.0998 e. The number of aryl methyl sites for hydroxylation is 1. The molecule has 0 spiro atoms. The second-order valence-electron chi connectivity index (χ2n) is 4.14. The van der Waals surface area contributed by atoms with Crippen LogP contribution in [0, 0.1) is 18.3 Å². The van der Waals surface area contributed by atoms with Crippen molar-refractivity contribution in [3.8, 4) is 6.07 Å². The van der Waals surface area contributed by atoms with Crippen molar-refractivity contribution < 1.29 is 0 Å². The zero-order valence-electron chi connectivity index (χ0n) is 10.3. The Kier molecular flexibility index (Phi) is 3.55. The highest BCUT2D eigenvalue weighted by Crippen LogP contribution is 2.21. The van der Waals surface area contributed by atoms with E-state index in [9.17, 15) is 5.26 Å². The van der Waals surface area contributed by atoms with Gasteiger partial charge in [-0.15, -0.1) is 0 Å². The van der Waals surface area contributed by atoms with Crippen LogP contribution in [-0.2, 0) is 7.05 Å². The second kappa shape index (κ2) is 5.12. The van der Waals surface area contributed by atoms with Crippen molar-refractivity contribution in [3.05, 3.63) is 58.4 Å². The van der Waals surface area contributed by atoms with Crippen molar-refractivity contribution in [2.45, 2.75) is 6.92 Å². The molecule has 2 aromatic rings. The monoisotopic (exact) mass is 256 g/mol. The molecule has 0 aliphatic heterocycles. The molecule has 0 saturated carbocycles. The first-order valence-corrected chi connectivity index (χ1v) is 5.99. The number of hydrogen-bond acceptors (Lipinski definition) is 1. The van der Waals surface area contributed by atoms with Crippen molar-refractivity contribution in [2.75, 3.05) is 0 Å². The van der Waals surface area contributed by atoms with Crippen LogP contribution in [0.4, 0.5) is 0 Å². The molecule has 0 fully saturated rings. The van der Waals surface area contributed by atoms with Crippen molar-refractivity contribution in [3.63, 3.8) is 0 Å². The summed E-state index contributed by atoms with van der Waals surface area (Å²) in [6.07, 6.45) is 1.87. The Hall–Kier alpha value is -1.98. The first-order valence-electron chi connectivity index (χ1n) is 5.62. The van der Waals surface area contributed by atoms with Crippen LogP contribution in [0.3, 0.4) is 0 Å². The number of hydrogen-bond donors (Lipinski definition) is 0. The fraction of sp³-hybridized carbons (Fsp3) is 0.133. The number of benzene rings is 1. The van der Waals surface area contributed by atoms with E-state index < -0.39 is 0 Å². The number of halogens is 1. The molecule has 0 saturated heterocycles. The molecule has 3 heteroatoms. The predicted molar refractivity (Wildman–Crippen MR) is 75.1 cm³/mol. The second-order valence-corrected chi connectivity index (χ2v) is 4.58. The molecule has 0 radical (unpaired) electrons. The Balaban J connectivity index is 2.47. The maximum absolute atomic E-state index is 9.26. The summed E-state index contributed by atoms with van der Waals surface area (Å²) in [5.41, 5.74) is 3.61. The predicted octanol–water partition coefficient (Wildman–Crippen LogP) is 4.05. The van der Waals surface area contributed by atoms with E-state index in [1.165, 1.54) is 0 Å². The Morgan fingerprint density at radius 1 is 1.33 bits per heavy atom. The van der Waals surface area contributed by atoms with E-state index in [1.54, 1.807) is 12.1 Å². The van der Waals surface area contributed by atoms with E-state index in [2.05, 4.69) is 6.07 Å². The van der Waals surface area contributed by atoms with Crippen LogP contribution in [0.5, 0.6) is 0 Å². The Labute approximate surface area is 112 Å². The normalized spacial score (nSPS) is 11.3. The minimum Gasteiger partial charge on any atom is -0.348 e. The lowest BCUT2D eigenvalue weighted by molar-refractivity contribution is 0.872. The molecule has 1 aromatic carbocycles. The van der Waals surface area contributed by atoms with Crippen molar-refractivity contribution >= 4 is 23.3 Å². The topological polar surface area (TPSA) is 28.7 Å². The van der Waals surface area contributed by atoms with Gasteiger partial charge in [0.2, 0.25) is 0 Å². The molecule has 0 aliphatic carbocycles. The lowest BCUT2D eigenvalue weighted by atomic mass is 10.1. The summed E-state index contributed by atoms with van der Waals surface area (Å²) in [4.78, 5) is 0. The molecule has 90 valence electrons. The molecule has 0 N–H and O–H groups in total. The van der Waals surface area contributed by atoms with Gasteiger partial charge in [-0.1, -0.05) is 23.7 Å². The fourth-order valence-electron chi connectivity index (χ4n) is 1.76. The highest BCUT2D eigenvalue weighted by atomic mass is 35.5. The maximum Gasteiger partial charge on any atom is 0.0998 e.